The Hall–Kier alpha value is -1.52. The van der Waals surface area contributed by atoms with Gasteiger partial charge in [0.15, 0.2) is 0 Å². The molecule has 0 atom stereocenters. The summed E-state index contributed by atoms with van der Waals surface area (Å²) in [7, 11) is 0. The number of carbonyl (C=O) groups is 2. The quantitative estimate of drug-likeness (QED) is 0.596. The predicted octanol–water partition coefficient (Wildman–Crippen LogP) is 2.93. The number of esters is 2. The van der Waals surface area contributed by atoms with Gasteiger partial charge in [-0.1, -0.05) is 6.58 Å². The molecule has 24 heavy (non-hydrogen) atoms. The molecule has 0 amide bonds. The highest BCUT2D eigenvalue weighted by atomic mass is 16.6. The summed E-state index contributed by atoms with van der Waals surface area (Å²) < 4.78 is 10.9. The normalized spacial score (nSPS) is 34.0. The summed E-state index contributed by atoms with van der Waals surface area (Å²) in [5.74, 6) is 1.50. The average molecular weight is 335 g/mol. The molecular formula is C19H29NO4. The van der Waals surface area contributed by atoms with E-state index in [0.717, 1.165) is 37.0 Å². The molecule has 2 N–H and O–H groups in total. The van der Waals surface area contributed by atoms with Gasteiger partial charge in [0.25, 0.3) is 0 Å². The second-order valence-electron chi connectivity index (χ2n) is 8.76. The Morgan fingerprint density at radius 2 is 1.62 bits per heavy atom. The molecule has 4 fully saturated rings. The standard InChI is InChI=1S/C19H29NO4/c1-12(20)16(21)24-18(2,3)4-5-23-17(22)19-9-13-6-14(10-19)8-15(7-13)11-19/h13-15H,1,4-11,20H2,2-3H3. The van der Waals surface area contributed by atoms with Crippen molar-refractivity contribution in [2.24, 2.45) is 28.9 Å². The van der Waals surface area contributed by atoms with E-state index < -0.39 is 11.6 Å². The van der Waals surface area contributed by atoms with Gasteiger partial charge in [-0.15, -0.1) is 0 Å². The van der Waals surface area contributed by atoms with Crippen LogP contribution in [-0.2, 0) is 19.1 Å². The highest BCUT2D eigenvalue weighted by Gasteiger charge is 2.55. The Bertz CT molecular complexity index is 516. The maximum Gasteiger partial charge on any atom is 0.354 e. The van der Waals surface area contributed by atoms with Gasteiger partial charge in [0, 0.05) is 6.42 Å². The summed E-state index contributed by atoms with van der Waals surface area (Å²) in [4.78, 5) is 24.3. The lowest BCUT2D eigenvalue weighted by molar-refractivity contribution is -0.173. The monoisotopic (exact) mass is 335 g/mol. The molecule has 0 radical (unpaired) electrons. The van der Waals surface area contributed by atoms with Crippen molar-refractivity contribution in [1.82, 2.24) is 0 Å². The van der Waals surface area contributed by atoms with Gasteiger partial charge in [0.2, 0.25) is 0 Å². The first kappa shape index (κ1) is 17.3. The third-order valence-corrected chi connectivity index (χ3v) is 6.04. The van der Waals surface area contributed by atoms with E-state index in [1.807, 2.05) is 0 Å². The zero-order chi connectivity index (χ0) is 17.5. The molecule has 0 saturated heterocycles. The van der Waals surface area contributed by atoms with Crippen molar-refractivity contribution in [2.45, 2.75) is 64.4 Å². The van der Waals surface area contributed by atoms with Crippen LogP contribution in [-0.4, -0.2) is 24.1 Å². The highest BCUT2D eigenvalue weighted by molar-refractivity contribution is 5.86. The molecule has 134 valence electrons. The Labute approximate surface area is 143 Å². The first-order chi connectivity index (χ1) is 11.2. The van der Waals surface area contributed by atoms with Crippen LogP contribution in [0.2, 0.25) is 0 Å². The lowest BCUT2D eigenvalue weighted by Gasteiger charge is -2.55. The van der Waals surface area contributed by atoms with Crippen molar-refractivity contribution < 1.29 is 19.1 Å². The summed E-state index contributed by atoms with van der Waals surface area (Å²) >= 11 is 0. The van der Waals surface area contributed by atoms with Crippen molar-refractivity contribution in [3.8, 4) is 0 Å². The highest BCUT2D eigenvalue weighted by Crippen LogP contribution is 2.60. The molecule has 4 rings (SSSR count). The lowest BCUT2D eigenvalue weighted by atomic mass is 9.49. The van der Waals surface area contributed by atoms with Crippen LogP contribution in [0.15, 0.2) is 12.3 Å². The van der Waals surface area contributed by atoms with E-state index in [4.69, 9.17) is 15.2 Å². The molecule has 5 nitrogen and oxygen atoms in total. The lowest BCUT2D eigenvalue weighted by Crippen LogP contribution is -2.50. The van der Waals surface area contributed by atoms with Crippen molar-refractivity contribution >= 4 is 11.9 Å². The molecule has 0 aromatic heterocycles. The van der Waals surface area contributed by atoms with Gasteiger partial charge < -0.3 is 15.2 Å². The molecule has 0 aromatic carbocycles. The molecule has 5 heteroatoms. The van der Waals surface area contributed by atoms with Crippen LogP contribution in [0.1, 0.15) is 58.8 Å². The number of ether oxygens (including phenoxy) is 2. The minimum Gasteiger partial charge on any atom is -0.465 e. The van der Waals surface area contributed by atoms with E-state index in [2.05, 4.69) is 6.58 Å². The SMILES string of the molecule is C=C(N)C(=O)OC(C)(C)CCOC(=O)C12CC3CC(CC(C3)C1)C2. The van der Waals surface area contributed by atoms with Gasteiger partial charge in [-0.05, 0) is 70.1 Å². The van der Waals surface area contributed by atoms with Crippen molar-refractivity contribution in [1.29, 1.82) is 0 Å². The van der Waals surface area contributed by atoms with E-state index in [1.165, 1.54) is 19.3 Å². The van der Waals surface area contributed by atoms with Gasteiger partial charge in [-0.25, -0.2) is 4.79 Å². The van der Waals surface area contributed by atoms with Crippen LogP contribution < -0.4 is 5.73 Å². The largest absolute Gasteiger partial charge is 0.465 e. The fraction of sp³-hybridized carbons (Fsp3) is 0.789. The molecule has 0 aromatic rings. The Kier molecular flexibility index (Phi) is 4.39. The molecule has 4 bridgehead atoms. The topological polar surface area (TPSA) is 78.6 Å². The van der Waals surface area contributed by atoms with Crippen molar-refractivity contribution in [3.63, 3.8) is 0 Å². The summed E-state index contributed by atoms with van der Waals surface area (Å²) in [6.45, 7) is 7.20. The number of hydrogen-bond donors (Lipinski definition) is 1. The van der Waals surface area contributed by atoms with E-state index in [9.17, 15) is 9.59 Å². The maximum atomic E-state index is 12.7. The van der Waals surface area contributed by atoms with Gasteiger partial charge >= 0.3 is 11.9 Å². The molecule has 0 aliphatic heterocycles. The van der Waals surface area contributed by atoms with E-state index in [-0.39, 0.29) is 23.7 Å². The molecular weight excluding hydrogens is 306 g/mol. The number of rotatable bonds is 6. The third kappa shape index (κ3) is 3.45. The molecule has 0 heterocycles. The maximum absolute atomic E-state index is 12.7. The van der Waals surface area contributed by atoms with Crippen LogP contribution in [0.25, 0.3) is 0 Å². The fourth-order valence-corrected chi connectivity index (χ4v) is 5.27. The van der Waals surface area contributed by atoms with Crippen LogP contribution in [0.3, 0.4) is 0 Å². The minimum atomic E-state index is -0.735. The Balaban J connectivity index is 1.51. The van der Waals surface area contributed by atoms with Crippen LogP contribution in [0.4, 0.5) is 0 Å². The van der Waals surface area contributed by atoms with Crippen molar-refractivity contribution in [2.75, 3.05) is 6.61 Å². The Morgan fingerprint density at radius 3 is 2.08 bits per heavy atom. The molecule has 4 aliphatic carbocycles. The first-order valence-corrected chi connectivity index (χ1v) is 9.04. The van der Waals surface area contributed by atoms with Crippen LogP contribution in [0, 0.1) is 23.2 Å². The van der Waals surface area contributed by atoms with Crippen molar-refractivity contribution in [3.05, 3.63) is 12.3 Å². The third-order valence-electron chi connectivity index (χ3n) is 6.04. The Morgan fingerprint density at radius 1 is 1.12 bits per heavy atom. The van der Waals surface area contributed by atoms with Crippen LogP contribution in [0.5, 0.6) is 0 Å². The zero-order valence-electron chi connectivity index (χ0n) is 14.8. The molecule has 0 unspecified atom stereocenters. The molecule has 4 aliphatic rings. The second kappa shape index (κ2) is 6.08. The average Bonchev–Trinajstić information content (AvgIpc) is 2.44. The number of hydrogen-bond acceptors (Lipinski definition) is 5. The van der Waals surface area contributed by atoms with Gasteiger partial charge in [-0.3, -0.25) is 4.79 Å². The first-order valence-electron chi connectivity index (χ1n) is 9.04. The summed E-state index contributed by atoms with van der Waals surface area (Å²) in [5, 5.41) is 0. The summed E-state index contributed by atoms with van der Waals surface area (Å²) in [6, 6.07) is 0. The minimum absolute atomic E-state index is 0.0352. The second-order valence-corrected chi connectivity index (χ2v) is 8.76. The fourth-order valence-electron chi connectivity index (χ4n) is 5.27. The number of nitrogens with two attached hydrogens (primary N) is 1. The summed E-state index contributed by atoms with van der Waals surface area (Å²) in [6.07, 6.45) is 7.37. The van der Waals surface area contributed by atoms with Crippen LogP contribution >= 0.6 is 0 Å². The summed E-state index contributed by atoms with van der Waals surface area (Å²) in [5.41, 5.74) is 4.25. The smallest absolute Gasteiger partial charge is 0.354 e. The van der Waals surface area contributed by atoms with Gasteiger partial charge in [-0.2, -0.15) is 0 Å². The van der Waals surface area contributed by atoms with E-state index >= 15 is 0 Å². The predicted molar refractivity (Wildman–Crippen MR) is 89.7 cm³/mol. The van der Waals surface area contributed by atoms with E-state index in [1.54, 1.807) is 13.8 Å². The zero-order valence-corrected chi connectivity index (χ0v) is 14.8. The van der Waals surface area contributed by atoms with Gasteiger partial charge in [0.1, 0.15) is 11.3 Å². The molecule has 4 saturated carbocycles. The number of carbonyl (C=O) groups excluding carboxylic acids is 2. The van der Waals surface area contributed by atoms with E-state index in [0.29, 0.717) is 6.42 Å². The van der Waals surface area contributed by atoms with Gasteiger partial charge in [0.05, 0.1) is 12.0 Å². The molecule has 0 spiro atoms.